The summed E-state index contributed by atoms with van der Waals surface area (Å²) in [4.78, 5) is 27.0. The number of piperazine rings is 1. The van der Waals surface area contributed by atoms with Crippen LogP contribution in [0.3, 0.4) is 0 Å². The number of nitrogens with one attached hydrogen (secondary N) is 2. The predicted octanol–water partition coefficient (Wildman–Crippen LogP) is -2.21. The number of hydrogen-bond acceptors (Lipinski definition) is 5. The molecule has 4 N–H and O–H groups in total. The van der Waals surface area contributed by atoms with Crippen molar-refractivity contribution in [2.75, 3.05) is 59.0 Å². The Morgan fingerprint density at radius 2 is 2.05 bits per heavy atom. The fourth-order valence-corrected chi connectivity index (χ4v) is 2.38. The number of carbonyl (C=O) groups excluding carboxylic acids is 2. The third-order valence-electron chi connectivity index (χ3n) is 3.61. The van der Waals surface area contributed by atoms with Gasteiger partial charge in [-0.05, 0) is 0 Å². The van der Waals surface area contributed by atoms with E-state index in [1.807, 2.05) is 0 Å². The molecular formula is C12H23N5O3. The zero-order valence-electron chi connectivity index (χ0n) is 11.6. The molecule has 114 valence electrons. The zero-order valence-corrected chi connectivity index (χ0v) is 11.6. The third-order valence-corrected chi connectivity index (χ3v) is 3.61. The second-order valence-corrected chi connectivity index (χ2v) is 5.04. The van der Waals surface area contributed by atoms with Crippen molar-refractivity contribution >= 4 is 11.9 Å². The van der Waals surface area contributed by atoms with Crippen LogP contribution in [0.5, 0.6) is 0 Å². The monoisotopic (exact) mass is 285 g/mol. The highest BCUT2D eigenvalue weighted by Gasteiger charge is 2.26. The normalized spacial score (nSPS) is 24.4. The summed E-state index contributed by atoms with van der Waals surface area (Å²) in [6, 6.07) is -0.584. The quantitative estimate of drug-likeness (QED) is 0.544. The Bertz CT molecular complexity index is 346. The van der Waals surface area contributed by atoms with E-state index in [-0.39, 0.29) is 6.03 Å². The van der Waals surface area contributed by atoms with Gasteiger partial charge in [-0.25, -0.2) is 4.79 Å². The molecule has 2 aliphatic heterocycles. The molecule has 3 amide bonds. The van der Waals surface area contributed by atoms with Crippen LogP contribution in [0.4, 0.5) is 4.79 Å². The first kappa shape index (κ1) is 15.0. The van der Waals surface area contributed by atoms with E-state index in [9.17, 15) is 9.59 Å². The summed E-state index contributed by atoms with van der Waals surface area (Å²) < 4.78 is 5.27. The standard InChI is InChI=1S/C12H23N5O3/c13-11(18)10-9-17(4-2-14-10)12(19)15-1-3-16-5-7-20-8-6-16/h10,14H,1-9H2,(H2,13,18)(H,15,19). The minimum absolute atomic E-state index is 0.133. The second-order valence-electron chi connectivity index (χ2n) is 5.04. The number of ether oxygens (including phenoxy) is 1. The Morgan fingerprint density at radius 3 is 2.75 bits per heavy atom. The molecule has 2 fully saturated rings. The highest BCUT2D eigenvalue weighted by molar-refractivity contribution is 5.82. The molecule has 1 unspecified atom stereocenters. The zero-order chi connectivity index (χ0) is 14.4. The number of urea groups is 1. The van der Waals surface area contributed by atoms with Crippen LogP contribution in [0.2, 0.25) is 0 Å². The van der Waals surface area contributed by atoms with Crippen LogP contribution in [-0.2, 0) is 9.53 Å². The van der Waals surface area contributed by atoms with Crippen LogP contribution in [-0.4, -0.2) is 86.8 Å². The summed E-state index contributed by atoms with van der Waals surface area (Å²) in [5, 5.41) is 5.88. The highest BCUT2D eigenvalue weighted by atomic mass is 16.5. The highest BCUT2D eigenvalue weighted by Crippen LogP contribution is 2.00. The molecule has 0 saturated carbocycles. The minimum Gasteiger partial charge on any atom is -0.379 e. The van der Waals surface area contributed by atoms with Crippen molar-refractivity contribution in [1.29, 1.82) is 0 Å². The van der Waals surface area contributed by atoms with Gasteiger partial charge in [0.1, 0.15) is 6.04 Å². The Hall–Kier alpha value is -1.38. The predicted molar refractivity (Wildman–Crippen MR) is 73.2 cm³/mol. The van der Waals surface area contributed by atoms with Crippen molar-refractivity contribution in [2.24, 2.45) is 5.73 Å². The summed E-state index contributed by atoms with van der Waals surface area (Å²) in [6.45, 7) is 6.26. The van der Waals surface area contributed by atoms with E-state index >= 15 is 0 Å². The Labute approximate surface area is 118 Å². The van der Waals surface area contributed by atoms with E-state index < -0.39 is 11.9 Å². The largest absolute Gasteiger partial charge is 0.379 e. The number of hydrogen-bond donors (Lipinski definition) is 3. The van der Waals surface area contributed by atoms with E-state index in [0.717, 1.165) is 32.8 Å². The fraction of sp³-hybridized carbons (Fsp3) is 0.833. The van der Waals surface area contributed by atoms with Crippen molar-refractivity contribution < 1.29 is 14.3 Å². The molecule has 2 heterocycles. The van der Waals surface area contributed by atoms with Crippen molar-refractivity contribution in [3.8, 4) is 0 Å². The molecule has 2 aliphatic rings. The number of amides is 3. The van der Waals surface area contributed by atoms with Crippen molar-refractivity contribution in [3.63, 3.8) is 0 Å². The van der Waals surface area contributed by atoms with E-state index in [0.29, 0.717) is 26.2 Å². The minimum atomic E-state index is -0.450. The van der Waals surface area contributed by atoms with Gasteiger partial charge in [0.25, 0.3) is 0 Å². The van der Waals surface area contributed by atoms with Crippen molar-refractivity contribution in [2.45, 2.75) is 6.04 Å². The lowest BCUT2D eigenvalue weighted by Gasteiger charge is -2.32. The molecule has 2 saturated heterocycles. The topological polar surface area (TPSA) is 99.9 Å². The van der Waals surface area contributed by atoms with Gasteiger partial charge < -0.3 is 26.0 Å². The first-order valence-electron chi connectivity index (χ1n) is 7.02. The van der Waals surface area contributed by atoms with Gasteiger partial charge in [-0.3, -0.25) is 9.69 Å². The van der Waals surface area contributed by atoms with Gasteiger partial charge in [0.15, 0.2) is 0 Å². The number of primary amides is 1. The lowest BCUT2D eigenvalue weighted by Crippen LogP contribution is -2.59. The molecule has 1 atom stereocenters. The fourth-order valence-electron chi connectivity index (χ4n) is 2.38. The number of nitrogens with zero attached hydrogens (tertiary/aromatic N) is 2. The average Bonchev–Trinajstić information content (AvgIpc) is 2.48. The molecule has 0 aromatic carbocycles. The molecule has 2 rings (SSSR count). The smallest absolute Gasteiger partial charge is 0.317 e. The average molecular weight is 285 g/mol. The molecule has 20 heavy (non-hydrogen) atoms. The first-order chi connectivity index (χ1) is 9.66. The van der Waals surface area contributed by atoms with Crippen molar-refractivity contribution in [3.05, 3.63) is 0 Å². The van der Waals surface area contributed by atoms with Gasteiger partial charge in [0, 0.05) is 45.8 Å². The maximum atomic E-state index is 12.0. The molecule has 8 heteroatoms. The van der Waals surface area contributed by atoms with E-state index in [1.165, 1.54) is 0 Å². The van der Waals surface area contributed by atoms with Gasteiger partial charge in [-0.15, -0.1) is 0 Å². The maximum Gasteiger partial charge on any atom is 0.317 e. The second kappa shape index (κ2) is 7.41. The Morgan fingerprint density at radius 1 is 1.30 bits per heavy atom. The van der Waals surface area contributed by atoms with Crippen LogP contribution in [0.1, 0.15) is 0 Å². The number of rotatable bonds is 4. The van der Waals surface area contributed by atoms with E-state index in [1.54, 1.807) is 4.90 Å². The van der Waals surface area contributed by atoms with Crippen LogP contribution < -0.4 is 16.4 Å². The van der Waals surface area contributed by atoms with Crippen molar-refractivity contribution in [1.82, 2.24) is 20.4 Å². The molecular weight excluding hydrogens is 262 g/mol. The number of morpholine rings is 1. The first-order valence-corrected chi connectivity index (χ1v) is 7.02. The Balaban J connectivity index is 1.67. The molecule has 0 aromatic rings. The summed E-state index contributed by atoms with van der Waals surface area (Å²) in [7, 11) is 0. The maximum absolute atomic E-state index is 12.0. The van der Waals surface area contributed by atoms with Gasteiger partial charge in [-0.2, -0.15) is 0 Å². The molecule has 0 bridgehead atoms. The lowest BCUT2D eigenvalue weighted by atomic mass is 10.2. The Kier molecular flexibility index (Phi) is 5.57. The van der Waals surface area contributed by atoms with Crippen LogP contribution in [0.15, 0.2) is 0 Å². The SMILES string of the molecule is NC(=O)C1CN(C(=O)NCCN2CCOCC2)CCN1. The van der Waals surface area contributed by atoms with Gasteiger partial charge in [-0.1, -0.05) is 0 Å². The molecule has 8 nitrogen and oxygen atoms in total. The van der Waals surface area contributed by atoms with Crippen LogP contribution >= 0.6 is 0 Å². The molecule has 0 aromatic heterocycles. The molecule has 0 spiro atoms. The van der Waals surface area contributed by atoms with Gasteiger partial charge in [0.05, 0.1) is 13.2 Å². The van der Waals surface area contributed by atoms with E-state index in [2.05, 4.69) is 15.5 Å². The molecule has 0 aliphatic carbocycles. The number of carbonyl (C=O) groups is 2. The molecule has 0 radical (unpaired) electrons. The van der Waals surface area contributed by atoms with E-state index in [4.69, 9.17) is 10.5 Å². The lowest BCUT2D eigenvalue weighted by molar-refractivity contribution is -0.120. The number of nitrogens with two attached hydrogens (primary N) is 1. The van der Waals surface area contributed by atoms with Gasteiger partial charge >= 0.3 is 6.03 Å². The summed E-state index contributed by atoms with van der Waals surface area (Å²) in [6.07, 6.45) is 0. The third kappa shape index (κ3) is 4.32. The van der Waals surface area contributed by atoms with Crippen LogP contribution in [0.25, 0.3) is 0 Å². The van der Waals surface area contributed by atoms with Gasteiger partial charge in [0.2, 0.25) is 5.91 Å². The summed E-state index contributed by atoms with van der Waals surface area (Å²) >= 11 is 0. The summed E-state index contributed by atoms with van der Waals surface area (Å²) in [5.74, 6) is -0.421. The van der Waals surface area contributed by atoms with Crippen LogP contribution in [0, 0.1) is 0 Å². The summed E-state index contributed by atoms with van der Waals surface area (Å²) in [5.41, 5.74) is 5.25.